The predicted octanol–water partition coefficient (Wildman–Crippen LogP) is 0.802. The van der Waals surface area contributed by atoms with Crippen LogP contribution >= 0.6 is 0 Å². The van der Waals surface area contributed by atoms with E-state index in [9.17, 15) is 4.79 Å². The molecule has 1 saturated heterocycles. The average molecular weight is 280 g/mol. The normalized spacial score (nSPS) is 17.2. The third-order valence-electron chi connectivity index (χ3n) is 3.63. The lowest BCUT2D eigenvalue weighted by atomic mass is 10.2. The number of carbonyl (C=O) groups excluding carboxylic acids is 1. The van der Waals surface area contributed by atoms with Gasteiger partial charge in [-0.3, -0.25) is 9.48 Å². The maximum atomic E-state index is 12.0. The third kappa shape index (κ3) is 4.05. The number of hydrogen-bond donors (Lipinski definition) is 1. The molecule has 6 heteroatoms. The molecule has 2 rings (SSSR count). The Morgan fingerprint density at radius 1 is 1.50 bits per heavy atom. The van der Waals surface area contributed by atoms with Crippen LogP contribution in [0.15, 0.2) is 12.4 Å². The maximum Gasteiger partial charge on any atom is 0.224 e. The topological polar surface area (TPSA) is 59.4 Å². The van der Waals surface area contributed by atoms with E-state index < -0.39 is 0 Å². The second-order valence-corrected chi connectivity index (χ2v) is 5.05. The molecule has 1 aromatic rings. The maximum absolute atomic E-state index is 12.0. The third-order valence-corrected chi connectivity index (χ3v) is 3.63. The molecule has 0 saturated carbocycles. The van der Waals surface area contributed by atoms with Crippen molar-refractivity contribution in [2.45, 2.75) is 32.9 Å². The molecule has 1 atom stereocenters. The van der Waals surface area contributed by atoms with E-state index in [4.69, 9.17) is 4.74 Å². The Labute approximate surface area is 120 Å². The first-order valence-corrected chi connectivity index (χ1v) is 7.32. The molecule has 2 heterocycles. The fourth-order valence-electron chi connectivity index (χ4n) is 2.26. The average Bonchev–Trinajstić information content (AvgIpc) is 2.97. The Hall–Kier alpha value is -1.40. The monoisotopic (exact) mass is 280 g/mol. The molecular weight excluding hydrogens is 256 g/mol. The number of hydrogen-bond acceptors (Lipinski definition) is 4. The minimum atomic E-state index is 0.206. The van der Waals surface area contributed by atoms with Crippen molar-refractivity contribution in [1.82, 2.24) is 20.0 Å². The van der Waals surface area contributed by atoms with Gasteiger partial charge in [0.25, 0.3) is 0 Å². The van der Waals surface area contributed by atoms with Gasteiger partial charge in [0.1, 0.15) is 0 Å². The summed E-state index contributed by atoms with van der Waals surface area (Å²) in [6, 6.07) is 0.216. The van der Waals surface area contributed by atoms with Crippen LogP contribution in [0.25, 0.3) is 0 Å². The van der Waals surface area contributed by atoms with E-state index in [2.05, 4.69) is 24.3 Å². The zero-order chi connectivity index (χ0) is 14.4. The van der Waals surface area contributed by atoms with Crippen LogP contribution in [0.3, 0.4) is 0 Å². The fourth-order valence-corrected chi connectivity index (χ4v) is 2.26. The Morgan fingerprint density at radius 3 is 2.90 bits per heavy atom. The van der Waals surface area contributed by atoms with Gasteiger partial charge in [-0.2, -0.15) is 5.10 Å². The smallest absolute Gasteiger partial charge is 0.224 e. The van der Waals surface area contributed by atoms with Gasteiger partial charge in [-0.1, -0.05) is 0 Å². The lowest BCUT2D eigenvalue weighted by Crippen LogP contribution is -2.41. The molecule has 1 aliphatic heterocycles. The van der Waals surface area contributed by atoms with Crippen LogP contribution in [0.1, 0.15) is 31.9 Å². The van der Waals surface area contributed by atoms with Crippen molar-refractivity contribution >= 4 is 5.91 Å². The van der Waals surface area contributed by atoms with Crippen LogP contribution in [-0.4, -0.2) is 53.4 Å². The van der Waals surface area contributed by atoms with E-state index >= 15 is 0 Å². The second-order valence-electron chi connectivity index (χ2n) is 5.05. The zero-order valence-electron chi connectivity index (χ0n) is 12.3. The number of rotatable bonds is 6. The quantitative estimate of drug-likeness (QED) is 0.837. The molecule has 0 aromatic carbocycles. The number of nitrogens with one attached hydrogen (secondary N) is 1. The van der Waals surface area contributed by atoms with Gasteiger partial charge in [-0.05, 0) is 13.8 Å². The molecule has 112 valence electrons. The van der Waals surface area contributed by atoms with Crippen LogP contribution < -0.4 is 5.32 Å². The molecule has 0 aliphatic carbocycles. The van der Waals surface area contributed by atoms with Crippen LogP contribution in [-0.2, 0) is 16.1 Å². The highest BCUT2D eigenvalue weighted by atomic mass is 16.5. The Balaban J connectivity index is 1.70. The highest BCUT2D eigenvalue weighted by Crippen LogP contribution is 2.10. The van der Waals surface area contributed by atoms with Gasteiger partial charge in [-0.25, -0.2) is 0 Å². The van der Waals surface area contributed by atoms with E-state index in [1.54, 1.807) is 0 Å². The first-order chi connectivity index (χ1) is 9.70. The highest BCUT2D eigenvalue weighted by molar-refractivity contribution is 5.76. The van der Waals surface area contributed by atoms with Gasteiger partial charge in [-0.15, -0.1) is 0 Å². The van der Waals surface area contributed by atoms with Crippen molar-refractivity contribution in [3.63, 3.8) is 0 Å². The van der Waals surface area contributed by atoms with Crippen molar-refractivity contribution < 1.29 is 9.53 Å². The van der Waals surface area contributed by atoms with Crippen molar-refractivity contribution in [3.8, 4) is 0 Å². The molecule has 0 bridgehead atoms. The van der Waals surface area contributed by atoms with E-state index in [1.807, 2.05) is 22.0 Å². The van der Waals surface area contributed by atoms with Gasteiger partial charge in [0.15, 0.2) is 0 Å². The largest absolute Gasteiger partial charge is 0.378 e. The minimum Gasteiger partial charge on any atom is -0.378 e. The first kappa shape index (κ1) is 15.0. The van der Waals surface area contributed by atoms with Gasteiger partial charge in [0.05, 0.1) is 19.4 Å². The summed E-state index contributed by atoms with van der Waals surface area (Å²) in [7, 11) is 0. The molecule has 1 fully saturated rings. The van der Waals surface area contributed by atoms with Crippen molar-refractivity contribution in [2.75, 3.05) is 32.8 Å². The van der Waals surface area contributed by atoms with Crippen LogP contribution in [0, 0.1) is 0 Å². The molecular formula is C14H24N4O2. The van der Waals surface area contributed by atoms with Crippen molar-refractivity contribution in [3.05, 3.63) is 18.0 Å². The first-order valence-electron chi connectivity index (χ1n) is 7.32. The van der Waals surface area contributed by atoms with E-state index in [-0.39, 0.29) is 11.9 Å². The van der Waals surface area contributed by atoms with Gasteiger partial charge < -0.3 is 15.0 Å². The summed E-state index contributed by atoms with van der Waals surface area (Å²) in [6.07, 6.45) is 4.46. The van der Waals surface area contributed by atoms with Gasteiger partial charge in [0, 0.05) is 50.4 Å². The molecule has 20 heavy (non-hydrogen) atoms. The summed E-state index contributed by atoms with van der Waals surface area (Å²) in [5.41, 5.74) is 1.16. The molecule has 0 radical (unpaired) electrons. The van der Waals surface area contributed by atoms with E-state index in [1.165, 1.54) is 0 Å². The molecule has 1 aliphatic rings. The summed E-state index contributed by atoms with van der Waals surface area (Å²) in [5, 5.41) is 7.63. The summed E-state index contributed by atoms with van der Waals surface area (Å²) in [4.78, 5) is 13.9. The van der Waals surface area contributed by atoms with Crippen LogP contribution in [0.4, 0.5) is 0 Å². The van der Waals surface area contributed by atoms with Gasteiger partial charge in [0.2, 0.25) is 5.91 Å². The lowest BCUT2D eigenvalue weighted by Gasteiger charge is -2.27. The molecule has 1 aromatic heterocycles. The number of carbonyl (C=O) groups is 1. The molecule has 1 amide bonds. The molecule has 0 spiro atoms. The summed E-state index contributed by atoms with van der Waals surface area (Å²) >= 11 is 0. The standard InChI is InChI=1S/C14H24N4O2/c1-3-18-11-13(10-16-18)12(2)15-5-4-14(19)17-6-8-20-9-7-17/h10-12,15H,3-9H2,1-2H3. The van der Waals surface area contributed by atoms with E-state index in [0.29, 0.717) is 26.2 Å². The summed E-state index contributed by atoms with van der Waals surface area (Å²) < 4.78 is 7.15. The minimum absolute atomic E-state index is 0.206. The predicted molar refractivity (Wildman–Crippen MR) is 76.3 cm³/mol. The lowest BCUT2D eigenvalue weighted by molar-refractivity contribution is -0.135. The second kappa shape index (κ2) is 7.40. The van der Waals surface area contributed by atoms with Crippen LogP contribution in [0.2, 0.25) is 0 Å². The SMILES string of the molecule is CCn1cc(C(C)NCCC(=O)N2CCOCC2)cn1. The molecule has 1 unspecified atom stereocenters. The number of aryl methyl sites for hydroxylation is 1. The summed E-state index contributed by atoms with van der Waals surface area (Å²) in [6.45, 7) is 8.48. The van der Waals surface area contributed by atoms with Crippen LogP contribution in [0.5, 0.6) is 0 Å². The molecule has 1 N–H and O–H groups in total. The Kier molecular flexibility index (Phi) is 5.55. The fraction of sp³-hybridized carbons (Fsp3) is 0.714. The van der Waals surface area contributed by atoms with Crippen molar-refractivity contribution in [1.29, 1.82) is 0 Å². The number of aromatic nitrogens is 2. The van der Waals surface area contributed by atoms with Crippen molar-refractivity contribution in [2.24, 2.45) is 0 Å². The van der Waals surface area contributed by atoms with Gasteiger partial charge >= 0.3 is 0 Å². The zero-order valence-corrected chi connectivity index (χ0v) is 12.3. The Morgan fingerprint density at radius 2 is 2.25 bits per heavy atom. The highest BCUT2D eigenvalue weighted by Gasteiger charge is 2.16. The van der Waals surface area contributed by atoms with E-state index in [0.717, 1.165) is 25.2 Å². The summed E-state index contributed by atoms with van der Waals surface area (Å²) in [5.74, 6) is 0.206. The number of nitrogens with zero attached hydrogens (tertiary/aromatic N) is 3. The number of morpholine rings is 1. The Bertz CT molecular complexity index is 427. The number of ether oxygens (including phenoxy) is 1. The number of amides is 1. The molecule has 6 nitrogen and oxygen atoms in total.